The van der Waals surface area contributed by atoms with Gasteiger partial charge in [-0.1, -0.05) is 0 Å². The number of amides is 1. The lowest BCUT2D eigenvalue weighted by Crippen LogP contribution is -2.27. The predicted molar refractivity (Wildman–Crippen MR) is 88.0 cm³/mol. The molecule has 0 fully saturated rings. The average Bonchev–Trinajstić information content (AvgIpc) is 2.84. The predicted octanol–water partition coefficient (Wildman–Crippen LogP) is 1.85. The van der Waals surface area contributed by atoms with Crippen molar-refractivity contribution >= 4 is 28.5 Å². The molecule has 0 bridgehead atoms. The summed E-state index contributed by atoms with van der Waals surface area (Å²) < 4.78 is 10.3. The van der Waals surface area contributed by atoms with Crippen molar-refractivity contribution < 1.29 is 19.1 Å². The number of H-pyrrole nitrogens is 1. The molecule has 1 heterocycles. The van der Waals surface area contributed by atoms with E-state index in [2.05, 4.69) is 10.3 Å². The van der Waals surface area contributed by atoms with Gasteiger partial charge in [0.2, 0.25) is 5.91 Å². The molecular weight excluding hydrogens is 298 g/mol. The highest BCUT2D eigenvalue weighted by Gasteiger charge is 2.21. The molecule has 1 aromatic carbocycles. The van der Waals surface area contributed by atoms with Crippen molar-refractivity contribution in [1.29, 1.82) is 0 Å². The molecule has 2 rings (SSSR count). The quantitative estimate of drug-likeness (QED) is 0.794. The first-order valence-electron chi connectivity index (χ1n) is 7.27. The Labute approximate surface area is 134 Å². The van der Waals surface area contributed by atoms with Crippen LogP contribution in [0, 0.1) is 0 Å². The van der Waals surface area contributed by atoms with Gasteiger partial charge in [0, 0.05) is 10.9 Å². The third kappa shape index (κ3) is 3.81. The number of nitrogens with one attached hydrogen (secondary N) is 2. The number of hydrogen-bond donors (Lipinski definition) is 2. The number of esters is 1. The van der Waals surface area contributed by atoms with Crippen LogP contribution in [0.1, 0.15) is 17.4 Å². The maximum atomic E-state index is 12.1. The van der Waals surface area contributed by atoms with E-state index in [1.54, 1.807) is 51.2 Å². The second-order valence-electron chi connectivity index (χ2n) is 5.29. The van der Waals surface area contributed by atoms with E-state index in [9.17, 15) is 9.59 Å². The molecule has 1 amide bonds. The number of benzene rings is 1. The van der Waals surface area contributed by atoms with Gasteiger partial charge >= 0.3 is 5.97 Å². The van der Waals surface area contributed by atoms with Gasteiger partial charge < -0.3 is 24.7 Å². The zero-order chi connectivity index (χ0) is 17.0. The highest BCUT2D eigenvalue weighted by atomic mass is 16.5. The smallest absolute Gasteiger partial charge is 0.356 e. The van der Waals surface area contributed by atoms with E-state index in [0.717, 1.165) is 0 Å². The molecule has 0 unspecified atom stereocenters. The average molecular weight is 319 g/mol. The van der Waals surface area contributed by atoms with Crippen LogP contribution in [0.25, 0.3) is 10.9 Å². The second-order valence-corrected chi connectivity index (χ2v) is 5.29. The number of ether oxygens (including phenoxy) is 2. The van der Waals surface area contributed by atoms with E-state index in [1.807, 2.05) is 0 Å². The minimum atomic E-state index is -0.511. The normalized spacial score (nSPS) is 10.8. The van der Waals surface area contributed by atoms with Crippen LogP contribution >= 0.6 is 0 Å². The van der Waals surface area contributed by atoms with E-state index in [-0.39, 0.29) is 24.8 Å². The molecule has 0 spiro atoms. The van der Waals surface area contributed by atoms with Crippen LogP contribution < -0.4 is 10.1 Å². The maximum Gasteiger partial charge on any atom is 0.356 e. The van der Waals surface area contributed by atoms with Crippen molar-refractivity contribution in [2.24, 2.45) is 0 Å². The molecule has 23 heavy (non-hydrogen) atoms. The van der Waals surface area contributed by atoms with Gasteiger partial charge in [-0.15, -0.1) is 0 Å². The monoisotopic (exact) mass is 319 g/mol. The summed E-state index contributed by atoms with van der Waals surface area (Å²) in [5.74, 6) is -0.0953. The molecule has 0 saturated carbocycles. The zero-order valence-electron chi connectivity index (χ0n) is 13.7. The van der Waals surface area contributed by atoms with Gasteiger partial charge in [-0.2, -0.15) is 0 Å². The fraction of sp³-hybridized carbons (Fsp3) is 0.375. The Morgan fingerprint density at radius 1 is 1.30 bits per heavy atom. The van der Waals surface area contributed by atoms with Crippen molar-refractivity contribution in [3.05, 3.63) is 23.9 Å². The summed E-state index contributed by atoms with van der Waals surface area (Å²) >= 11 is 0. The first-order chi connectivity index (χ1) is 11.0. The lowest BCUT2D eigenvalue weighted by atomic mass is 10.2. The highest BCUT2D eigenvalue weighted by Crippen LogP contribution is 2.31. The Kier molecular flexibility index (Phi) is 5.23. The molecule has 0 saturated heterocycles. The molecule has 124 valence electrons. The molecule has 0 radical (unpaired) electrons. The van der Waals surface area contributed by atoms with Gasteiger partial charge in [0.25, 0.3) is 0 Å². The maximum absolute atomic E-state index is 12.1. The molecule has 0 aliphatic heterocycles. The van der Waals surface area contributed by atoms with Crippen LogP contribution in [0.2, 0.25) is 0 Å². The van der Waals surface area contributed by atoms with Crippen LogP contribution in [0.15, 0.2) is 18.2 Å². The lowest BCUT2D eigenvalue weighted by molar-refractivity contribution is -0.116. The standard InChI is InChI=1S/C16H21N3O4/c1-5-23-16(21)15-14(18-13(20)9-19(2)3)11-8-10(22-4)6-7-12(11)17-15/h6-8,17H,5,9H2,1-4H3,(H,18,20). The first-order valence-corrected chi connectivity index (χ1v) is 7.27. The summed E-state index contributed by atoms with van der Waals surface area (Å²) in [6.07, 6.45) is 0. The Balaban J connectivity index is 2.48. The van der Waals surface area contributed by atoms with E-state index in [1.165, 1.54) is 0 Å². The summed E-state index contributed by atoms with van der Waals surface area (Å²) in [4.78, 5) is 29.0. The van der Waals surface area contributed by atoms with Crippen molar-refractivity contribution in [1.82, 2.24) is 9.88 Å². The zero-order valence-corrected chi connectivity index (χ0v) is 13.7. The topological polar surface area (TPSA) is 83.7 Å². The molecule has 7 nitrogen and oxygen atoms in total. The largest absolute Gasteiger partial charge is 0.497 e. The van der Waals surface area contributed by atoms with E-state index in [0.29, 0.717) is 22.3 Å². The molecular formula is C16H21N3O4. The lowest BCUT2D eigenvalue weighted by Gasteiger charge is -2.11. The highest BCUT2D eigenvalue weighted by molar-refractivity contribution is 6.11. The van der Waals surface area contributed by atoms with Gasteiger partial charge in [-0.05, 0) is 39.2 Å². The number of nitrogens with zero attached hydrogens (tertiary/aromatic N) is 1. The molecule has 7 heteroatoms. The molecule has 1 aromatic heterocycles. The summed E-state index contributed by atoms with van der Waals surface area (Å²) in [6.45, 7) is 2.19. The summed E-state index contributed by atoms with van der Waals surface area (Å²) in [5, 5.41) is 3.48. The summed E-state index contributed by atoms with van der Waals surface area (Å²) in [5.41, 5.74) is 1.35. The molecule has 0 aliphatic carbocycles. The molecule has 0 aliphatic rings. The number of aromatic amines is 1. The van der Waals surface area contributed by atoms with Crippen molar-refractivity contribution in [3.8, 4) is 5.75 Å². The van der Waals surface area contributed by atoms with E-state index >= 15 is 0 Å². The molecule has 0 atom stereocenters. The van der Waals surface area contributed by atoms with Crippen molar-refractivity contribution in [3.63, 3.8) is 0 Å². The third-order valence-corrected chi connectivity index (χ3v) is 3.21. The number of hydrogen-bond acceptors (Lipinski definition) is 5. The second kappa shape index (κ2) is 7.15. The Morgan fingerprint density at radius 2 is 2.04 bits per heavy atom. The SMILES string of the molecule is CCOC(=O)c1[nH]c2ccc(OC)cc2c1NC(=O)CN(C)C. The Morgan fingerprint density at radius 3 is 2.65 bits per heavy atom. The van der Waals surface area contributed by atoms with Gasteiger partial charge in [0.05, 0.1) is 25.9 Å². The fourth-order valence-electron chi connectivity index (χ4n) is 2.25. The van der Waals surface area contributed by atoms with Gasteiger partial charge in [0.1, 0.15) is 11.4 Å². The number of fused-ring (bicyclic) bond motifs is 1. The summed E-state index contributed by atoms with van der Waals surface area (Å²) in [7, 11) is 5.15. The van der Waals surface area contributed by atoms with Crippen molar-refractivity contribution in [2.75, 3.05) is 39.7 Å². The Bertz CT molecular complexity index is 721. The summed E-state index contributed by atoms with van der Waals surface area (Å²) in [6, 6.07) is 5.33. The number of carbonyl (C=O) groups excluding carboxylic acids is 2. The number of methoxy groups -OCH3 is 1. The van der Waals surface area contributed by atoms with Gasteiger partial charge in [-0.3, -0.25) is 4.79 Å². The fourth-order valence-corrected chi connectivity index (χ4v) is 2.25. The number of likely N-dealkylation sites (N-methyl/N-ethyl adjacent to an activating group) is 1. The minimum Gasteiger partial charge on any atom is -0.497 e. The van der Waals surface area contributed by atoms with Crippen LogP contribution in [0.4, 0.5) is 5.69 Å². The van der Waals surface area contributed by atoms with Crippen molar-refractivity contribution in [2.45, 2.75) is 6.92 Å². The third-order valence-electron chi connectivity index (χ3n) is 3.21. The van der Waals surface area contributed by atoms with E-state index in [4.69, 9.17) is 9.47 Å². The molecule has 2 aromatic rings. The van der Waals surface area contributed by atoms with E-state index < -0.39 is 5.97 Å². The van der Waals surface area contributed by atoms with Crippen LogP contribution in [-0.4, -0.2) is 56.1 Å². The van der Waals surface area contributed by atoms with Gasteiger partial charge in [0.15, 0.2) is 0 Å². The first kappa shape index (κ1) is 16.8. The Hall–Kier alpha value is -2.54. The van der Waals surface area contributed by atoms with Gasteiger partial charge in [-0.25, -0.2) is 4.79 Å². The number of anilines is 1. The minimum absolute atomic E-state index is 0.207. The number of rotatable bonds is 6. The van der Waals surface area contributed by atoms with Crippen LogP contribution in [0.3, 0.4) is 0 Å². The molecule has 2 N–H and O–H groups in total. The van der Waals surface area contributed by atoms with Crippen LogP contribution in [-0.2, 0) is 9.53 Å². The number of carbonyl (C=O) groups is 2. The number of aromatic nitrogens is 1. The van der Waals surface area contributed by atoms with Crippen LogP contribution in [0.5, 0.6) is 5.75 Å².